The van der Waals surface area contributed by atoms with Crippen molar-refractivity contribution < 1.29 is 0 Å². The molecular weight excluding hydrogens is 306 g/mol. The number of fused-ring (bicyclic) bond motifs is 2. The summed E-state index contributed by atoms with van der Waals surface area (Å²) >= 11 is 7.56. The molecule has 2 N–H and O–H groups in total. The van der Waals surface area contributed by atoms with Crippen molar-refractivity contribution in [1.82, 2.24) is 20.2 Å². The van der Waals surface area contributed by atoms with Crippen molar-refractivity contribution in [3.63, 3.8) is 0 Å². The monoisotopic (exact) mass is 315 g/mol. The van der Waals surface area contributed by atoms with E-state index in [9.17, 15) is 0 Å². The van der Waals surface area contributed by atoms with E-state index in [4.69, 9.17) is 11.6 Å². The predicted octanol–water partition coefficient (Wildman–Crippen LogP) is 4.27. The summed E-state index contributed by atoms with van der Waals surface area (Å²) in [7, 11) is 0. The summed E-state index contributed by atoms with van der Waals surface area (Å²) in [5.41, 5.74) is 3.77. The lowest BCUT2D eigenvalue weighted by Gasteiger charge is -2.07. The first-order valence-corrected chi connectivity index (χ1v) is 7.59. The Morgan fingerprint density at radius 3 is 3.00 bits per heavy atom. The molecule has 0 radical (unpaired) electrons. The van der Waals surface area contributed by atoms with Gasteiger partial charge in [-0.05, 0) is 48.2 Å². The lowest BCUT2D eigenvalue weighted by atomic mass is 10.2. The van der Waals surface area contributed by atoms with Crippen molar-refractivity contribution in [2.45, 2.75) is 6.92 Å². The van der Waals surface area contributed by atoms with Crippen LogP contribution in [-0.2, 0) is 0 Å². The van der Waals surface area contributed by atoms with E-state index in [0.717, 1.165) is 38.3 Å². The van der Waals surface area contributed by atoms with Gasteiger partial charge in [0.25, 0.3) is 0 Å². The van der Waals surface area contributed by atoms with E-state index in [1.54, 1.807) is 11.3 Å². The lowest BCUT2D eigenvalue weighted by Crippen LogP contribution is -1.95. The van der Waals surface area contributed by atoms with Gasteiger partial charge in [0.2, 0.25) is 5.28 Å². The minimum absolute atomic E-state index is 0.240. The second kappa shape index (κ2) is 4.68. The highest BCUT2D eigenvalue weighted by atomic mass is 35.5. The summed E-state index contributed by atoms with van der Waals surface area (Å²) in [5.74, 6) is 0.723. The lowest BCUT2D eigenvalue weighted by molar-refractivity contribution is 1.07. The third kappa shape index (κ3) is 2.12. The van der Waals surface area contributed by atoms with Crippen LogP contribution in [-0.4, -0.2) is 20.2 Å². The highest BCUT2D eigenvalue weighted by Crippen LogP contribution is 2.30. The van der Waals surface area contributed by atoms with Gasteiger partial charge in [0.1, 0.15) is 0 Å². The van der Waals surface area contributed by atoms with Crippen LogP contribution in [0.25, 0.3) is 21.1 Å². The summed E-state index contributed by atoms with van der Waals surface area (Å²) in [5, 5.41) is 13.8. The normalized spacial score (nSPS) is 11.3. The highest BCUT2D eigenvalue weighted by Gasteiger charge is 2.09. The molecule has 0 spiro atoms. The van der Waals surface area contributed by atoms with Crippen LogP contribution >= 0.6 is 22.9 Å². The number of aromatic amines is 1. The number of benzene rings is 1. The molecule has 3 heterocycles. The van der Waals surface area contributed by atoms with Crippen molar-refractivity contribution in [3.05, 3.63) is 40.6 Å². The fourth-order valence-electron chi connectivity index (χ4n) is 2.27. The van der Waals surface area contributed by atoms with Crippen molar-refractivity contribution in [1.29, 1.82) is 0 Å². The molecule has 5 nitrogen and oxygen atoms in total. The van der Waals surface area contributed by atoms with Gasteiger partial charge in [0.15, 0.2) is 5.82 Å². The Balaban J connectivity index is 1.82. The molecule has 0 saturated heterocycles. The fraction of sp³-hybridized carbons (Fsp3) is 0.0714. The first kappa shape index (κ1) is 12.6. The Bertz CT molecular complexity index is 958. The van der Waals surface area contributed by atoms with Crippen LogP contribution in [0.4, 0.5) is 11.5 Å². The maximum atomic E-state index is 5.98. The second-order valence-electron chi connectivity index (χ2n) is 4.68. The highest BCUT2D eigenvalue weighted by molar-refractivity contribution is 7.17. The van der Waals surface area contributed by atoms with Gasteiger partial charge in [0.05, 0.1) is 15.7 Å². The summed E-state index contributed by atoms with van der Waals surface area (Å²) in [6.45, 7) is 2.00. The molecule has 21 heavy (non-hydrogen) atoms. The molecule has 0 bridgehead atoms. The smallest absolute Gasteiger partial charge is 0.224 e. The van der Waals surface area contributed by atoms with Gasteiger partial charge in [-0.3, -0.25) is 5.10 Å². The molecule has 0 aliphatic rings. The van der Waals surface area contributed by atoms with Crippen molar-refractivity contribution in [3.8, 4) is 0 Å². The van der Waals surface area contributed by atoms with Crippen LogP contribution < -0.4 is 5.32 Å². The fourth-order valence-corrected chi connectivity index (χ4v) is 3.22. The van der Waals surface area contributed by atoms with E-state index in [0.29, 0.717) is 0 Å². The molecule has 4 aromatic rings. The number of thiophene rings is 1. The van der Waals surface area contributed by atoms with Gasteiger partial charge in [-0.2, -0.15) is 10.1 Å². The Morgan fingerprint density at radius 2 is 2.10 bits per heavy atom. The third-order valence-corrected chi connectivity index (χ3v) is 4.36. The van der Waals surface area contributed by atoms with Crippen LogP contribution in [0.3, 0.4) is 0 Å². The molecule has 0 amide bonds. The molecule has 0 fully saturated rings. The summed E-state index contributed by atoms with van der Waals surface area (Å²) in [6, 6.07) is 7.92. The predicted molar refractivity (Wildman–Crippen MR) is 86.5 cm³/mol. The molecule has 4 rings (SSSR count). The van der Waals surface area contributed by atoms with E-state index in [1.807, 2.05) is 36.6 Å². The average molecular weight is 316 g/mol. The van der Waals surface area contributed by atoms with Crippen LogP contribution in [0.1, 0.15) is 5.69 Å². The number of aryl methyl sites for hydroxylation is 1. The average Bonchev–Trinajstić information content (AvgIpc) is 3.06. The van der Waals surface area contributed by atoms with E-state index < -0.39 is 0 Å². The zero-order valence-corrected chi connectivity index (χ0v) is 12.6. The Kier molecular flexibility index (Phi) is 2.80. The zero-order chi connectivity index (χ0) is 14.4. The van der Waals surface area contributed by atoms with Crippen LogP contribution in [0.15, 0.2) is 29.6 Å². The number of rotatable bonds is 2. The van der Waals surface area contributed by atoms with Crippen molar-refractivity contribution in [2.75, 3.05) is 5.32 Å². The van der Waals surface area contributed by atoms with Gasteiger partial charge in [-0.1, -0.05) is 0 Å². The number of anilines is 2. The number of halogens is 1. The van der Waals surface area contributed by atoms with Gasteiger partial charge < -0.3 is 5.32 Å². The van der Waals surface area contributed by atoms with Crippen LogP contribution in [0.2, 0.25) is 5.28 Å². The Morgan fingerprint density at radius 1 is 1.19 bits per heavy atom. The molecule has 7 heteroatoms. The molecule has 0 unspecified atom stereocenters. The largest absolute Gasteiger partial charge is 0.339 e. The van der Waals surface area contributed by atoms with Gasteiger partial charge in [-0.25, -0.2) is 4.98 Å². The summed E-state index contributed by atoms with van der Waals surface area (Å²) in [6.07, 6.45) is 0. The number of H-pyrrole nitrogens is 1. The summed E-state index contributed by atoms with van der Waals surface area (Å²) < 4.78 is 0.989. The number of aromatic nitrogens is 4. The Hall–Kier alpha value is -2.18. The number of nitrogens with zero attached hydrogens (tertiary/aromatic N) is 3. The van der Waals surface area contributed by atoms with Crippen LogP contribution in [0, 0.1) is 6.92 Å². The molecule has 1 aromatic carbocycles. The van der Waals surface area contributed by atoms with Gasteiger partial charge in [0, 0.05) is 16.8 Å². The number of nitrogens with one attached hydrogen (secondary N) is 2. The zero-order valence-electron chi connectivity index (χ0n) is 11.0. The van der Waals surface area contributed by atoms with Crippen LogP contribution in [0.5, 0.6) is 0 Å². The van der Waals surface area contributed by atoms with Gasteiger partial charge in [-0.15, -0.1) is 11.3 Å². The minimum Gasteiger partial charge on any atom is -0.339 e. The molecule has 104 valence electrons. The quantitative estimate of drug-likeness (QED) is 0.542. The Labute approximate surface area is 129 Å². The van der Waals surface area contributed by atoms with E-state index >= 15 is 0 Å². The first-order valence-electron chi connectivity index (χ1n) is 6.33. The maximum Gasteiger partial charge on any atom is 0.224 e. The SMILES string of the molecule is Cc1[nH]nc2ccc(Nc3nc(Cl)nc4ccsc34)cc12. The van der Waals surface area contributed by atoms with E-state index in [2.05, 4.69) is 25.5 Å². The molecule has 0 aliphatic heterocycles. The molecule has 0 atom stereocenters. The van der Waals surface area contributed by atoms with E-state index in [-0.39, 0.29) is 5.28 Å². The standard InChI is InChI=1S/C14H10ClN5S/c1-7-9-6-8(2-3-10(9)20-19-7)16-13-12-11(4-5-21-12)17-14(15)18-13/h2-6H,1H3,(H,19,20)(H,16,17,18). The minimum atomic E-state index is 0.240. The third-order valence-electron chi connectivity index (χ3n) is 3.28. The molecule has 0 saturated carbocycles. The molecule has 3 aromatic heterocycles. The second-order valence-corrected chi connectivity index (χ2v) is 5.94. The van der Waals surface area contributed by atoms with E-state index in [1.165, 1.54) is 0 Å². The first-order chi connectivity index (χ1) is 10.2. The topological polar surface area (TPSA) is 66.5 Å². The number of hydrogen-bond acceptors (Lipinski definition) is 5. The summed E-state index contributed by atoms with van der Waals surface area (Å²) in [4.78, 5) is 8.49. The van der Waals surface area contributed by atoms with Crippen molar-refractivity contribution >= 4 is 55.6 Å². The number of hydrogen-bond donors (Lipinski definition) is 2. The maximum absolute atomic E-state index is 5.98. The van der Waals surface area contributed by atoms with Gasteiger partial charge >= 0.3 is 0 Å². The molecular formula is C14H10ClN5S. The van der Waals surface area contributed by atoms with Crippen molar-refractivity contribution in [2.24, 2.45) is 0 Å². The molecule has 0 aliphatic carbocycles.